The van der Waals surface area contributed by atoms with E-state index in [1.54, 1.807) is 6.20 Å². The average molecular weight is 286 g/mol. The van der Waals surface area contributed by atoms with E-state index in [9.17, 15) is 0 Å². The summed E-state index contributed by atoms with van der Waals surface area (Å²) >= 11 is 9.41. The summed E-state index contributed by atoms with van der Waals surface area (Å²) in [6.07, 6.45) is 3.74. The van der Waals surface area contributed by atoms with Gasteiger partial charge in [-0.05, 0) is 30.7 Å². The largest absolute Gasteiger partial charge is 0.304 e. The van der Waals surface area contributed by atoms with Gasteiger partial charge < -0.3 is 4.57 Å². The monoisotopic (exact) mass is 284 g/mol. The second-order valence-corrected chi connectivity index (χ2v) is 4.25. The van der Waals surface area contributed by atoms with E-state index in [4.69, 9.17) is 11.6 Å². The van der Waals surface area contributed by atoms with Crippen LogP contribution in [0.2, 0.25) is 5.02 Å². The molecule has 0 aliphatic rings. The second kappa shape index (κ2) is 4.37. The molecule has 2 aromatic rings. The minimum atomic E-state index is 0.756. The molecular formula is C11H10BrClN2. The van der Waals surface area contributed by atoms with Crippen molar-refractivity contribution < 1.29 is 0 Å². The zero-order valence-corrected chi connectivity index (χ0v) is 10.6. The molecule has 15 heavy (non-hydrogen) atoms. The Morgan fingerprint density at radius 3 is 2.87 bits per heavy atom. The summed E-state index contributed by atoms with van der Waals surface area (Å²) in [7, 11) is 0. The normalized spacial score (nSPS) is 10.6. The Morgan fingerprint density at radius 1 is 1.47 bits per heavy atom. The standard InChI is InChI=1S/C11H10BrClN2/c1-8-14-4-5-15(8)11-3-2-10(13)6-9(11)7-12/h2-6H,7H2,1H3. The minimum absolute atomic E-state index is 0.756. The fourth-order valence-electron chi connectivity index (χ4n) is 1.53. The molecule has 0 spiro atoms. The van der Waals surface area contributed by atoms with Gasteiger partial charge in [-0.2, -0.15) is 0 Å². The molecule has 0 saturated heterocycles. The van der Waals surface area contributed by atoms with Gasteiger partial charge in [-0.25, -0.2) is 4.98 Å². The number of rotatable bonds is 2. The van der Waals surface area contributed by atoms with Gasteiger partial charge >= 0.3 is 0 Å². The Bertz CT molecular complexity index is 479. The van der Waals surface area contributed by atoms with Gasteiger partial charge in [-0.3, -0.25) is 0 Å². The molecule has 0 atom stereocenters. The molecule has 0 unspecified atom stereocenters. The Morgan fingerprint density at radius 2 is 2.27 bits per heavy atom. The van der Waals surface area contributed by atoms with Crippen molar-refractivity contribution in [1.82, 2.24) is 9.55 Å². The first-order valence-corrected chi connectivity index (χ1v) is 6.07. The predicted molar refractivity (Wildman–Crippen MR) is 65.9 cm³/mol. The van der Waals surface area contributed by atoms with Gasteiger partial charge in [0.1, 0.15) is 5.82 Å². The molecule has 1 aromatic heterocycles. The smallest absolute Gasteiger partial charge is 0.110 e. The second-order valence-electron chi connectivity index (χ2n) is 3.25. The summed E-state index contributed by atoms with van der Waals surface area (Å²) in [4.78, 5) is 4.21. The first-order chi connectivity index (χ1) is 7.22. The molecule has 0 fully saturated rings. The van der Waals surface area contributed by atoms with Gasteiger partial charge in [-0.1, -0.05) is 27.5 Å². The van der Waals surface area contributed by atoms with E-state index in [0.717, 1.165) is 27.4 Å². The third-order valence-electron chi connectivity index (χ3n) is 2.27. The molecule has 0 amide bonds. The lowest BCUT2D eigenvalue weighted by atomic mass is 10.2. The Kier molecular flexibility index (Phi) is 3.12. The summed E-state index contributed by atoms with van der Waals surface area (Å²) in [6, 6.07) is 5.86. The van der Waals surface area contributed by atoms with E-state index in [2.05, 4.69) is 20.9 Å². The molecule has 1 aromatic carbocycles. The number of benzene rings is 1. The van der Waals surface area contributed by atoms with Crippen molar-refractivity contribution in [3.05, 3.63) is 47.0 Å². The third kappa shape index (κ3) is 2.08. The van der Waals surface area contributed by atoms with Crippen molar-refractivity contribution >= 4 is 27.5 Å². The number of alkyl halides is 1. The number of halogens is 2. The molecule has 0 aliphatic carbocycles. The SMILES string of the molecule is Cc1nccn1-c1ccc(Cl)cc1CBr. The van der Waals surface area contributed by atoms with Crippen LogP contribution in [0.5, 0.6) is 0 Å². The highest BCUT2D eigenvalue weighted by atomic mass is 79.9. The number of hydrogen-bond donors (Lipinski definition) is 0. The lowest BCUT2D eigenvalue weighted by Crippen LogP contribution is -1.99. The van der Waals surface area contributed by atoms with Crippen molar-refractivity contribution in [2.45, 2.75) is 12.3 Å². The number of aryl methyl sites for hydroxylation is 1. The highest BCUT2D eigenvalue weighted by Crippen LogP contribution is 2.22. The van der Waals surface area contributed by atoms with Gasteiger partial charge in [0.2, 0.25) is 0 Å². The molecular weight excluding hydrogens is 275 g/mol. The number of nitrogens with zero attached hydrogens (tertiary/aromatic N) is 2. The van der Waals surface area contributed by atoms with Crippen LogP contribution in [0, 0.1) is 6.92 Å². The average Bonchev–Trinajstić information content (AvgIpc) is 2.64. The van der Waals surface area contributed by atoms with Crippen LogP contribution < -0.4 is 0 Å². The fraction of sp³-hybridized carbons (Fsp3) is 0.182. The molecule has 0 radical (unpaired) electrons. The molecule has 0 N–H and O–H groups in total. The zero-order chi connectivity index (χ0) is 10.8. The van der Waals surface area contributed by atoms with Gasteiger partial charge in [-0.15, -0.1) is 0 Å². The van der Waals surface area contributed by atoms with Crippen LogP contribution in [0.1, 0.15) is 11.4 Å². The Balaban J connectivity index is 2.58. The van der Waals surface area contributed by atoms with Crippen molar-refractivity contribution in [3.63, 3.8) is 0 Å². The summed E-state index contributed by atoms with van der Waals surface area (Å²) in [5.41, 5.74) is 2.27. The number of aromatic nitrogens is 2. The maximum Gasteiger partial charge on any atom is 0.110 e. The highest BCUT2D eigenvalue weighted by molar-refractivity contribution is 9.08. The van der Waals surface area contributed by atoms with E-state index < -0.39 is 0 Å². The summed E-state index contributed by atoms with van der Waals surface area (Å²) in [5.74, 6) is 0.972. The predicted octanol–water partition coefficient (Wildman–Crippen LogP) is 3.73. The molecule has 4 heteroatoms. The van der Waals surface area contributed by atoms with Crippen LogP contribution in [0.15, 0.2) is 30.6 Å². The number of hydrogen-bond acceptors (Lipinski definition) is 1. The van der Waals surface area contributed by atoms with Crippen LogP contribution in [0.3, 0.4) is 0 Å². The van der Waals surface area contributed by atoms with Crippen LogP contribution >= 0.6 is 27.5 Å². The highest BCUT2D eigenvalue weighted by Gasteiger charge is 2.06. The molecule has 0 saturated carbocycles. The van der Waals surface area contributed by atoms with Gasteiger partial charge in [0, 0.05) is 22.7 Å². The lowest BCUT2D eigenvalue weighted by Gasteiger charge is -2.10. The van der Waals surface area contributed by atoms with Gasteiger partial charge in [0.05, 0.1) is 5.69 Å². The van der Waals surface area contributed by atoms with E-state index in [1.807, 2.05) is 35.9 Å². The third-order valence-corrected chi connectivity index (χ3v) is 3.11. The van der Waals surface area contributed by atoms with Crippen LogP contribution in [-0.2, 0) is 5.33 Å². The van der Waals surface area contributed by atoms with E-state index >= 15 is 0 Å². The van der Waals surface area contributed by atoms with Crippen molar-refractivity contribution in [1.29, 1.82) is 0 Å². The Labute approximate surface area is 102 Å². The van der Waals surface area contributed by atoms with Gasteiger partial charge in [0.25, 0.3) is 0 Å². The van der Waals surface area contributed by atoms with Gasteiger partial charge in [0.15, 0.2) is 0 Å². The summed E-state index contributed by atoms with van der Waals surface area (Å²) in [5, 5.41) is 1.53. The first-order valence-electron chi connectivity index (χ1n) is 4.57. The minimum Gasteiger partial charge on any atom is -0.304 e. The quantitative estimate of drug-likeness (QED) is 0.769. The van der Waals surface area contributed by atoms with Crippen molar-refractivity contribution in [2.75, 3.05) is 0 Å². The van der Waals surface area contributed by atoms with Crippen molar-refractivity contribution in [2.24, 2.45) is 0 Å². The first kappa shape index (κ1) is 10.7. The molecule has 0 aliphatic heterocycles. The molecule has 78 valence electrons. The summed E-state index contributed by atoms with van der Waals surface area (Å²) < 4.78 is 2.05. The van der Waals surface area contributed by atoms with Crippen LogP contribution in [0.25, 0.3) is 5.69 Å². The Hall–Kier alpha value is -0.800. The van der Waals surface area contributed by atoms with Crippen molar-refractivity contribution in [3.8, 4) is 5.69 Å². The zero-order valence-electron chi connectivity index (χ0n) is 8.24. The molecule has 2 nitrogen and oxygen atoms in total. The lowest BCUT2D eigenvalue weighted by molar-refractivity contribution is 0.963. The topological polar surface area (TPSA) is 17.8 Å². The fourth-order valence-corrected chi connectivity index (χ4v) is 2.17. The molecule has 1 heterocycles. The number of imidazole rings is 1. The summed E-state index contributed by atoms with van der Waals surface area (Å²) in [6.45, 7) is 1.98. The molecule has 2 rings (SSSR count). The van der Waals surface area contributed by atoms with E-state index in [0.29, 0.717) is 0 Å². The van der Waals surface area contributed by atoms with Crippen LogP contribution in [0.4, 0.5) is 0 Å². The maximum absolute atomic E-state index is 5.95. The maximum atomic E-state index is 5.95. The van der Waals surface area contributed by atoms with E-state index in [1.165, 1.54) is 0 Å². The van der Waals surface area contributed by atoms with E-state index in [-0.39, 0.29) is 0 Å². The molecule has 0 bridgehead atoms. The van der Waals surface area contributed by atoms with Crippen LogP contribution in [-0.4, -0.2) is 9.55 Å².